The summed E-state index contributed by atoms with van der Waals surface area (Å²) in [5, 5.41) is 17.5. The molecule has 0 saturated heterocycles. The van der Waals surface area contributed by atoms with E-state index >= 15 is 0 Å². The average molecular weight is 907 g/mol. The number of aromatic carboxylic acids is 1. The van der Waals surface area contributed by atoms with Crippen LogP contribution in [0.25, 0.3) is 0 Å². The van der Waals surface area contributed by atoms with Crippen molar-refractivity contribution in [3.63, 3.8) is 0 Å². The van der Waals surface area contributed by atoms with Gasteiger partial charge in [0.15, 0.2) is 0 Å². The van der Waals surface area contributed by atoms with Crippen molar-refractivity contribution in [3.8, 4) is 5.75 Å². The Bertz CT molecular complexity index is 886. The van der Waals surface area contributed by atoms with E-state index in [9.17, 15) is 13.2 Å². The van der Waals surface area contributed by atoms with Crippen molar-refractivity contribution in [1.29, 1.82) is 0 Å². The van der Waals surface area contributed by atoms with Gasteiger partial charge in [0.1, 0.15) is 11.3 Å². The van der Waals surface area contributed by atoms with Crippen molar-refractivity contribution in [2.24, 2.45) is 22.9 Å². The zero-order valence-electron chi connectivity index (χ0n) is 18.3. The van der Waals surface area contributed by atoms with Crippen LogP contribution in [0.4, 0.5) is 0 Å². The van der Waals surface area contributed by atoms with Crippen LogP contribution in [0.5, 0.6) is 5.75 Å². The third-order valence-corrected chi connectivity index (χ3v) is 12.0. The minimum Gasteiger partial charge on any atom is -0.507 e. The monoisotopic (exact) mass is 905 g/mol. The number of phenols is 1. The number of carboxylic acid groups (broad SMARTS) is 1. The molecule has 15 heteroatoms. The van der Waals surface area contributed by atoms with Gasteiger partial charge in [0.25, 0.3) is 10.1 Å². The molecule has 0 spiro atoms. The molecule has 2 aliphatic rings. The van der Waals surface area contributed by atoms with Crippen LogP contribution in [0, 0.1) is 0 Å². The molecule has 3 rings (SSSR count). The van der Waals surface area contributed by atoms with Crippen LogP contribution in [0.3, 0.4) is 0 Å². The first-order chi connectivity index (χ1) is 15.2. The van der Waals surface area contributed by atoms with Gasteiger partial charge in [-0.25, -0.2) is 4.79 Å². The molecule has 0 heterocycles. The molecule has 1 unspecified atom stereocenters. The van der Waals surface area contributed by atoms with Crippen LogP contribution in [-0.2, 0) is 46.4 Å². The van der Waals surface area contributed by atoms with E-state index in [4.69, 9.17) is 56.5 Å². The Hall–Kier alpha value is 0.197. The van der Waals surface area contributed by atoms with Crippen molar-refractivity contribution in [3.05, 3.63) is 23.8 Å². The predicted molar refractivity (Wildman–Crippen MR) is 124 cm³/mol. The number of nitrogens with two attached hydrogens (primary N) is 4. The molecule has 205 valence electrons. The predicted octanol–water partition coefficient (Wildman–Crippen LogP) is 2.44. The quantitative estimate of drug-likeness (QED) is 0.174. The summed E-state index contributed by atoms with van der Waals surface area (Å²) < 4.78 is 30.0. The molecular weight excluding hydrogens is 873 g/mol. The van der Waals surface area contributed by atoms with Gasteiger partial charge >= 0.3 is 87.2 Å². The van der Waals surface area contributed by atoms with Gasteiger partial charge < -0.3 is 21.7 Å². The number of aromatic hydroxyl groups is 1. The van der Waals surface area contributed by atoms with E-state index < -0.39 is 53.2 Å². The SMILES string of the molecule is NC1(N)CCCC[CH]1[Pt]([Cl])[Cl].N[C@@H]1CCCC[C@H]1N.O=C(O)c1cc(S(=O)(=O)O)ccc1O.[Pt]. The minimum absolute atomic E-state index is 0. The molecular formula is C19H33Cl2N4O6Pt2S. The zero-order valence-corrected chi connectivity index (χ0v) is 25.2. The van der Waals surface area contributed by atoms with E-state index in [-0.39, 0.29) is 37.5 Å². The van der Waals surface area contributed by atoms with Gasteiger partial charge in [0, 0.05) is 33.1 Å². The van der Waals surface area contributed by atoms with E-state index in [1.165, 1.54) is 19.3 Å². The van der Waals surface area contributed by atoms with Crippen LogP contribution in [-0.4, -0.2) is 46.9 Å². The summed E-state index contributed by atoms with van der Waals surface area (Å²) in [7, 11) is 7.36. The Labute approximate surface area is 228 Å². The fraction of sp³-hybridized carbons (Fsp3) is 0.632. The maximum absolute atomic E-state index is 10.6. The molecule has 0 aromatic heterocycles. The second-order valence-corrected chi connectivity index (χ2v) is 17.6. The Morgan fingerprint density at radius 3 is 1.88 bits per heavy atom. The second kappa shape index (κ2) is 15.4. The molecule has 1 aromatic rings. The van der Waals surface area contributed by atoms with Crippen LogP contribution in [0.15, 0.2) is 23.1 Å². The molecule has 0 bridgehead atoms. The molecule has 11 N–H and O–H groups in total. The van der Waals surface area contributed by atoms with Gasteiger partial charge in [-0.05, 0) is 31.0 Å². The van der Waals surface area contributed by atoms with Crippen molar-refractivity contribution in [2.45, 2.75) is 78.3 Å². The molecule has 2 fully saturated rings. The third-order valence-electron chi connectivity index (χ3n) is 5.39. The summed E-state index contributed by atoms with van der Waals surface area (Å²) >= 11 is -1.85. The second-order valence-electron chi connectivity index (χ2n) is 8.04. The van der Waals surface area contributed by atoms with E-state index in [0.29, 0.717) is 6.07 Å². The molecule has 0 amide bonds. The summed E-state index contributed by atoms with van der Waals surface area (Å²) in [5.41, 5.74) is 21.9. The van der Waals surface area contributed by atoms with Gasteiger partial charge in [-0.3, -0.25) is 4.55 Å². The average Bonchev–Trinajstić information content (AvgIpc) is 2.70. The summed E-state index contributed by atoms with van der Waals surface area (Å²) in [5.74, 6) is -2.04. The Kier molecular flexibility index (Phi) is 15.5. The van der Waals surface area contributed by atoms with Crippen LogP contribution in [0.1, 0.15) is 61.7 Å². The third kappa shape index (κ3) is 11.5. The number of rotatable bonds is 3. The summed E-state index contributed by atoms with van der Waals surface area (Å²) in [6, 6.07) is 3.02. The number of carbonyl (C=O) groups is 1. The zero-order chi connectivity index (χ0) is 25.4. The topological polar surface area (TPSA) is 216 Å². The van der Waals surface area contributed by atoms with Crippen molar-refractivity contribution in [2.75, 3.05) is 0 Å². The standard InChI is InChI=1S/C7H6O6S.C6H13N2.C6H14N2.2ClH.2Pt/c8-6-2-1-4(14(11,12)13)3-5(6)7(9)10;7-6(8)4-2-1-3-5-6;7-5-3-1-2-4-6(5)8;;;;/h1-3,8H,(H,9,10)(H,11,12,13);4H,1-3,5,7-8H2;5-6H,1-4,7-8H2;2*1H;;/q;;;;;;+2/p-2/t;;5-,6-;;;;/m..1..../s1. The molecule has 0 aliphatic heterocycles. The maximum atomic E-state index is 10.6. The van der Waals surface area contributed by atoms with Gasteiger partial charge in [-0.1, -0.05) is 12.8 Å². The smallest absolute Gasteiger partial charge is 0.339 e. The fourth-order valence-electron chi connectivity index (χ4n) is 3.39. The van der Waals surface area contributed by atoms with Gasteiger partial charge in [0.2, 0.25) is 0 Å². The van der Waals surface area contributed by atoms with E-state index in [1.807, 2.05) is 0 Å². The van der Waals surface area contributed by atoms with Crippen molar-refractivity contribution < 1.29 is 64.3 Å². The Balaban J connectivity index is 0.000000490. The first-order valence-corrected chi connectivity index (χ1v) is 18.6. The Morgan fingerprint density at radius 2 is 1.53 bits per heavy atom. The van der Waals surface area contributed by atoms with E-state index in [1.54, 1.807) is 0 Å². The molecule has 10 nitrogen and oxygen atoms in total. The molecule has 2 aliphatic carbocycles. The molecule has 1 aromatic carbocycles. The van der Waals surface area contributed by atoms with E-state index in [0.717, 1.165) is 44.2 Å². The van der Waals surface area contributed by atoms with Gasteiger partial charge in [0.05, 0.1) is 4.90 Å². The van der Waals surface area contributed by atoms with Crippen LogP contribution < -0.4 is 22.9 Å². The molecule has 3 atom stereocenters. The molecule has 2 saturated carbocycles. The summed E-state index contributed by atoms with van der Waals surface area (Å²) in [4.78, 5) is 9.89. The van der Waals surface area contributed by atoms with Crippen molar-refractivity contribution >= 4 is 34.9 Å². The number of hydrogen-bond acceptors (Lipinski definition) is 8. The number of benzene rings is 1. The van der Waals surface area contributed by atoms with Crippen LogP contribution in [0.2, 0.25) is 4.31 Å². The maximum Gasteiger partial charge on any atom is 0.339 e. The summed E-state index contributed by atoms with van der Waals surface area (Å²) in [6.45, 7) is 0. The summed E-state index contributed by atoms with van der Waals surface area (Å²) in [6.07, 6.45) is 8.97. The largest absolute Gasteiger partial charge is 0.507 e. The van der Waals surface area contributed by atoms with Crippen LogP contribution >= 0.6 is 18.8 Å². The fourth-order valence-corrected chi connectivity index (χ4v) is 9.34. The molecule has 34 heavy (non-hydrogen) atoms. The first kappa shape index (κ1) is 34.2. The van der Waals surface area contributed by atoms with E-state index in [2.05, 4.69) is 0 Å². The Morgan fingerprint density at radius 1 is 1.03 bits per heavy atom. The van der Waals surface area contributed by atoms with Gasteiger partial charge in [-0.2, -0.15) is 8.42 Å². The number of hydrogen-bond donors (Lipinski definition) is 7. The number of halogens is 2. The van der Waals surface area contributed by atoms with Crippen molar-refractivity contribution in [1.82, 2.24) is 0 Å². The van der Waals surface area contributed by atoms with Gasteiger partial charge in [-0.15, -0.1) is 0 Å². The number of carboxylic acids is 1. The molecule has 0 radical (unpaired) electrons. The minimum atomic E-state index is -4.45. The normalized spacial score (nSPS) is 24.2. The first-order valence-electron chi connectivity index (χ1n) is 10.2.